The highest BCUT2D eigenvalue weighted by Crippen LogP contribution is 2.49. The molecular weight excluding hydrogens is 857 g/mol. The zero-order valence-electron chi connectivity index (χ0n) is 39.6. The van der Waals surface area contributed by atoms with Crippen LogP contribution in [0.25, 0.3) is 105 Å². The summed E-state index contributed by atoms with van der Waals surface area (Å²) in [5.41, 5.74) is 18.8. The highest BCUT2D eigenvalue weighted by Gasteiger charge is 2.24. The zero-order chi connectivity index (χ0) is 47.3. The largest absolute Gasteiger partial charge is 0.310 e. The van der Waals surface area contributed by atoms with Crippen LogP contribution in [0.2, 0.25) is 0 Å². The van der Waals surface area contributed by atoms with Gasteiger partial charge in [-0.3, -0.25) is 0 Å². The first-order chi connectivity index (χ1) is 35.1. The molecule has 1 aliphatic rings. The van der Waals surface area contributed by atoms with Crippen molar-refractivity contribution in [1.82, 2.24) is 4.57 Å². The van der Waals surface area contributed by atoms with Crippen LogP contribution < -0.4 is 4.90 Å². The molecule has 0 N–H and O–H groups in total. The van der Waals surface area contributed by atoms with Crippen LogP contribution in [-0.2, 0) is 0 Å². The summed E-state index contributed by atoms with van der Waals surface area (Å²) < 4.78 is 2.43. The molecule has 2 heteroatoms. The molecule has 336 valence electrons. The molecular formula is C69H50N2. The van der Waals surface area contributed by atoms with E-state index < -0.39 is 0 Å². The van der Waals surface area contributed by atoms with Crippen LogP contribution in [-0.4, -0.2) is 4.57 Å². The van der Waals surface area contributed by atoms with E-state index in [1.807, 2.05) is 0 Å². The number of fused-ring (bicyclic) bond motifs is 6. The number of para-hydroxylation sites is 1. The third kappa shape index (κ3) is 7.53. The molecule has 0 bridgehead atoms. The maximum Gasteiger partial charge on any atom is 0.0546 e. The standard InChI is InChI=1S/C69H50N2/c1-47-31-38-56(39-32-47)71-66-29-15-14-26-62(66)65-45-52(37-44-67(65)71)48-33-40-54(41-34-48)70(55-42-35-51(36-43-55)64-46-53-21-8-9-23-58(53)60-24-11-12-25-61(60)64)68-30-16-28-59(50-19-6-3-7-20-50)69(68)63-27-13-10-22-57(63)49-17-4-2-5-18-49/h2-31,33-47H,32H2,1H3. The van der Waals surface area contributed by atoms with Crippen molar-refractivity contribution in [3.8, 4) is 55.6 Å². The highest BCUT2D eigenvalue weighted by molar-refractivity contribution is 6.14. The summed E-state index contributed by atoms with van der Waals surface area (Å²) in [7, 11) is 0. The monoisotopic (exact) mass is 906 g/mol. The molecule has 11 aromatic carbocycles. The number of aromatic nitrogens is 1. The Morgan fingerprint density at radius 2 is 0.930 bits per heavy atom. The number of nitrogens with zero attached hydrogens (tertiary/aromatic N) is 2. The lowest BCUT2D eigenvalue weighted by Gasteiger charge is -2.30. The predicted octanol–water partition coefficient (Wildman–Crippen LogP) is 19.3. The van der Waals surface area contributed by atoms with Crippen LogP contribution in [0.15, 0.2) is 267 Å². The number of anilines is 3. The summed E-state index contributed by atoms with van der Waals surface area (Å²) in [6.07, 6.45) is 8.05. The Labute approximate surface area is 415 Å². The van der Waals surface area contributed by atoms with Crippen LogP contribution >= 0.6 is 0 Å². The SMILES string of the molecule is CC1C=CC(n2c3ccccc3c3cc(-c4ccc(N(c5ccc(-c6cc7ccccc7c7ccccc67)cc5)c5cccc(-c6ccccc6)c5-c5ccccc5-c5ccccc5)cc4)ccc32)=CC1. The van der Waals surface area contributed by atoms with Gasteiger partial charge >= 0.3 is 0 Å². The maximum atomic E-state index is 2.46. The van der Waals surface area contributed by atoms with Crippen molar-refractivity contribution in [3.05, 3.63) is 267 Å². The lowest BCUT2D eigenvalue weighted by molar-refractivity contribution is 0.735. The van der Waals surface area contributed by atoms with E-state index in [4.69, 9.17) is 0 Å². The van der Waals surface area contributed by atoms with Gasteiger partial charge in [0.25, 0.3) is 0 Å². The van der Waals surface area contributed by atoms with Crippen LogP contribution in [0.1, 0.15) is 13.3 Å². The first kappa shape index (κ1) is 42.1. The Bertz CT molecular complexity index is 4010. The fourth-order valence-corrected chi connectivity index (χ4v) is 11.1. The van der Waals surface area contributed by atoms with Crippen LogP contribution in [0.4, 0.5) is 17.1 Å². The smallest absolute Gasteiger partial charge is 0.0546 e. The fourth-order valence-electron chi connectivity index (χ4n) is 11.1. The quantitative estimate of drug-likeness (QED) is 0.131. The predicted molar refractivity (Wildman–Crippen MR) is 304 cm³/mol. The average molecular weight is 907 g/mol. The molecule has 0 spiro atoms. The molecule has 0 amide bonds. The minimum absolute atomic E-state index is 0.553. The third-order valence-corrected chi connectivity index (χ3v) is 14.5. The average Bonchev–Trinajstić information content (AvgIpc) is 3.77. The van der Waals surface area contributed by atoms with E-state index >= 15 is 0 Å². The van der Waals surface area contributed by atoms with Gasteiger partial charge in [-0.1, -0.05) is 213 Å². The summed E-state index contributed by atoms with van der Waals surface area (Å²) in [5, 5.41) is 7.56. The van der Waals surface area contributed by atoms with Gasteiger partial charge in [0.1, 0.15) is 0 Å². The summed E-state index contributed by atoms with van der Waals surface area (Å²) >= 11 is 0. The van der Waals surface area contributed by atoms with E-state index in [0.717, 1.165) is 23.5 Å². The van der Waals surface area contributed by atoms with Gasteiger partial charge in [-0.25, -0.2) is 0 Å². The third-order valence-electron chi connectivity index (χ3n) is 14.5. The Kier molecular flexibility index (Phi) is 10.6. The van der Waals surface area contributed by atoms with Crippen molar-refractivity contribution in [3.63, 3.8) is 0 Å². The van der Waals surface area contributed by atoms with E-state index in [1.165, 1.54) is 105 Å². The molecule has 0 fully saturated rings. The van der Waals surface area contributed by atoms with E-state index in [0.29, 0.717) is 5.92 Å². The van der Waals surface area contributed by atoms with E-state index in [2.05, 4.69) is 283 Å². The normalized spacial score (nSPS) is 13.5. The van der Waals surface area contributed by atoms with E-state index in [-0.39, 0.29) is 0 Å². The second kappa shape index (κ2) is 17.8. The number of hydrogen-bond donors (Lipinski definition) is 0. The molecule has 0 saturated heterocycles. The number of hydrogen-bond acceptors (Lipinski definition) is 1. The van der Waals surface area contributed by atoms with Gasteiger partial charge in [0.15, 0.2) is 0 Å². The summed E-state index contributed by atoms with van der Waals surface area (Å²) in [6, 6.07) is 91.4. The van der Waals surface area contributed by atoms with Crippen LogP contribution in [0, 0.1) is 5.92 Å². The van der Waals surface area contributed by atoms with Gasteiger partial charge < -0.3 is 9.47 Å². The lowest BCUT2D eigenvalue weighted by Crippen LogP contribution is -2.12. The minimum atomic E-state index is 0.553. The second-order valence-corrected chi connectivity index (χ2v) is 18.9. The second-order valence-electron chi connectivity index (χ2n) is 18.9. The molecule has 0 aliphatic heterocycles. The molecule has 1 aliphatic carbocycles. The summed E-state index contributed by atoms with van der Waals surface area (Å²) in [5.74, 6) is 0.553. The topological polar surface area (TPSA) is 8.17 Å². The molecule has 1 aromatic heterocycles. The zero-order valence-corrected chi connectivity index (χ0v) is 39.6. The minimum Gasteiger partial charge on any atom is -0.310 e. The summed E-state index contributed by atoms with van der Waals surface area (Å²) in [4.78, 5) is 2.46. The first-order valence-electron chi connectivity index (χ1n) is 24.8. The molecule has 1 heterocycles. The van der Waals surface area contributed by atoms with Gasteiger partial charge in [0.05, 0.1) is 16.7 Å². The van der Waals surface area contributed by atoms with Gasteiger partial charge in [-0.2, -0.15) is 0 Å². The van der Waals surface area contributed by atoms with Gasteiger partial charge in [0.2, 0.25) is 0 Å². The number of benzene rings is 11. The van der Waals surface area contributed by atoms with Crippen LogP contribution in [0.5, 0.6) is 0 Å². The number of allylic oxidation sites excluding steroid dienone is 4. The van der Waals surface area contributed by atoms with Crippen molar-refractivity contribution in [1.29, 1.82) is 0 Å². The van der Waals surface area contributed by atoms with Gasteiger partial charge in [-0.15, -0.1) is 0 Å². The Balaban J connectivity index is 0.987. The van der Waals surface area contributed by atoms with Crippen molar-refractivity contribution >= 4 is 66.1 Å². The molecule has 2 nitrogen and oxygen atoms in total. The van der Waals surface area contributed by atoms with Crippen molar-refractivity contribution in [2.45, 2.75) is 13.3 Å². The van der Waals surface area contributed by atoms with E-state index in [9.17, 15) is 0 Å². The van der Waals surface area contributed by atoms with E-state index in [1.54, 1.807) is 0 Å². The highest BCUT2D eigenvalue weighted by atomic mass is 15.1. The van der Waals surface area contributed by atoms with Crippen molar-refractivity contribution in [2.24, 2.45) is 5.92 Å². The van der Waals surface area contributed by atoms with Crippen molar-refractivity contribution in [2.75, 3.05) is 4.90 Å². The first-order valence-corrected chi connectivity index (χ1v) is 24.8. The summed E-state index contributed by atoms with van der Waals surface area (Å²) in [6.45, 7) is 2.28. The van der Waals surface area contributed by atoms with Crippen LogP contribution in [0.3, 0.4) is 0 Å². The molecule has 0 radical (unpaired) electrons. The molecule has 0 saturated carbocycles. The molecule has 1 atom stereocenters. The molecule has 13 rings (SSSR count). The van der Waals surface area contributed by atoms with Crippen molar-refractivity contribution < 1.29 is 0 Å². The number of rotatable bonds is 9. The molecule has 1 unspecified atom stereocenters. The molecule has 12 aromatic rings. The molecule has 71 heavy (non-hydrogen) atoms. The fraction of sp³-hybridized carbons (Fsp3) is 0.0435. The Hall–Kier alpha value is -8.98. The van der Waals surface area contributed by atoms with Gasteiger partial charge in [0, 0.05) is 33.4 Å². The van der Waals surface area contributed by atoms with Gasteiger partial charge in [-0.05, 0) is 145 Å². The lowest BCUT2D eigenvalue weighted by atomic mass is 9.87. The Morgan fingerprint density at radius 1 is 0.380 bits per heavy atom. The Morgan fingerprint density at radius 3 is 1.65 bits per heavy atom. The maximum absolute atomic E-state index is 2.46.